The highest BCUT2D eigenvalue weighted by molar-refractivity contribution is 5.91. The van der Waals surface area contributed by atoms with Crippen LogP contribution in [-0.2, 0) is 9.47 Å². The molecule has 0 spiro atoms. The maximum absolute atomic E-state index is 12.9. The Hall–Kier alpha value is -3.84. The second-order valence-corrected chi connectivity index (χ2v) is 7.88. The van der Waals surface area contributed by atoms with Gasteiger partial charge in [-0.25, -0.2) is 4.79 Å². The molecule has 0 saturated heterocycles. The van der Waals surface area contributed by atoms with E-state index < -0.39 is 50.1 Å². The predicted molar refractivity (Wildman–Crippen MR) is 109 cm³/mol. The third-order valence-corrected chi connectivity index (χ3v) is 4.13. The molecule has 2 atom stereocenters. The Morgan fingerprint density at radius 2 is 1.52 bits per heavy atom. The second kappa shape index (κ2) is 8.89. The first-order valence-corrected chi connectivity index (χ1v) is 9.17. The van der Waals surface area contributed by atoms with Crippen LogP contribution in [-0.4, -0.2) is 27.0 Å². The molecule has 162 valence electrons. The zero-order chi connectivity index (χ0) is 23.4. The number of esters is 1. The van der Waals surface area contributed by atoms with Crippen molar-refractivity contribution in [2.24, 2.45) is 0 Å². The third kappa shape index (κ3) is 5.83. The molecule has 2 aromatic rings. The molecule has 0 aliphatic carbocycles. The molecule has 2 aromatic carbocycles. The summed E-state index contributed by atoms with van der Waals surface area (Å²) in [5.41, 5.74) is -3.60. The van der Waals surface area contributed by atoms with Gasteiger partial charge in [-0.15, -0.1) is 0 Å². The zero-order valence-electron chi connectivity index (χ0n) is 17.4. The van der Waals surface area contributed by atoms with Gasteiger partial charge >= 0.3 is 5.97 Å². The smallest absolute Gasteiger partial charge is 0.339 e. The molecule has 0 unspecified atom stereocenters. The van der Waals surface area contributed by atoms with Crippen LogP contribution in [0.3, 0.4) is 0 Å². The van der Waals surface area contributed by atoms with Crippen LogP contribution in [0.2, 0.25) is 0 Å². The summed E-state index contributed by atoms with van der Waals surface area (Å²) in [6.45, 7) is 6.65. The Balaban J connectivity index is 2.53. The van der Waals surface area contributed by atoms with E-state index in [2.05, 4.69) is 0 Å². The molecular weight excluding hydrogens is 406 g/mol. The topological polar surface area (TPSA) is 146 Å². The molecule has 0 aromatic heterocycles. The van der Waals surface area contributed by atoms with E-state index in [1.165, 1.54) is 6.92 Å². The lowest BCUT2D eigenvalue weighted by Crippen LogP contribution is -2.43. The number of nitro groups is 2. The average Bonchev–Trinajstić information content (AvgIpc) is 2.70. The lowest BCUT2D eigenvalue weighted by Gasteiger charge is -2.36. The lowest BCUT2D eigenvalue weighted by atomic mass is 9.92. The molecular formula is C21H21N3O7. The summed E-state index contributed by atoms with van der Waals surface area (Å²) < 4.78 is 11.5. The van der Waals surface area contributed by atoms with Crippen LogP contribution < -0.4 is 0 Å². The minimum absolute atomic E-state index is 0.391. The summed E-state index contributed by atoms with van der Waals surface area (Å²) in [5, 5.41) is 32.1. The van der Waals surface area contributed by atoms with Gasteiger partial charge < -0.3 is 9.47 Å². The molecule has 0 fully saturated rings. The number of rotatable bonds is 7. The van der Waals surface area contributed by atoms with Gasteiger partial charge in [-0.1, -0.05) is 30.3 Å². The Labute approximate surface area is 178 Å². The van der Waals surface area contributed by atoms with E-state index in [0.29, 0.717) is 5.56 Å². The number of nitriles is 1. The fourth-order valence-corrected chi connectivity index (χ4v) is 3.00. The summed E-state index contributed by atoms with van der Waals surface area (Å²) in [5.74, 6) is -1.07. The molecule has 0 heterocycles. The highest BCUT2D eigenvalue weighted by Gasteiger charge is 2.43. The van der Waals surface area contributed by atoms with Gasteiger partial charge in [-0.2, -0.15) is 5.26 Å². The largest absolute Gasteiger partial charge is 0.450 e. The number of nitrogens with zero attached hydrogens (tertiary/aromatic N) is 3. The van der Waals surface area contributed by atoms with Gasteiger partial charge in [0.15, 0.2) is 11.7 Å². The van der Waals surface area contributed by atoms with Crippen LogP contribution in [0.5, 0.6) is 0 Å². The van der Waals surface area contributed by atoms with Gasteiger partial charge in [-0.3, -0.25) is 20.2 Å². The normalized spacial score (nSPS) is 14.0. The highest BCUT2D eigenvalue weighted by atomic mass is 16.6. The summed E-state index contributed by atoms with van der Waals surface area (Å²) in [7, 11) is 0. The fraction of sp³-hybridized carbons (Fsp3) is 0.333. The molecule has 0 N–H and O–H groups in total. The first-order valence-electron chi connectivity index (χ1n) is 9.17. The summed E-state index contributed by atoms with van der Waals surface area (Å²) >= 11 is 0. The van der Waals surface area contributed by atoms with Crippen molar-refractivity contribution in [2.75, 3.05) is 0 Å². The zero-order valence-corrected chi connectivity index (χ0v) is 17.4. The highest BCUT2D eigenvalue weighted by Crippen LogP contribution is 2.36. The molecule has 10 nitrogen and oxygen atoms in total. The van der Waals surface area contributed by atoms with Crippen LogP contribution in [0.25, 0.3) is 0 Å². The molecule has 31 heavy (non-hydrogen) atoms. The van der Waals surface area contributed by atoms with E-state index in [9.17, 15) is 30.3 Å². The number of nitro benzene ring substituents is 2. The van der Waals surface area contributed by atoms with Crippen molar-refractivity contribution < 1.29 is 24.1 Å². The number of non-ortho nitro benzene ring substituents is 2. The first kappa shape index (κ1) is 23.4. The van der Waals surface area contributed by atoms with Gasteiger partial charge in [0.2, 0.25) is 0 Å². The standard InChI is InChI=1S/C21H21N3O7/c1-20(2,3)31-21(4,13-22)18(14-8-6-5-7-9-14)30-19(25)15-10-16(23(26)27)12-17(11-15)24(28)29/h5-12,18H,1-4H3/t18-,21+/m0/s1. The molecule has 10 heteroatoms. The van der Waals surface area contributed by atoms with Gasteiger partial charge in [0.05, 0.1) is 27.1 Å². The van der Waals surface area contributed by atoms with Crippen LogP contribution in [0, 0.1) is 31.6 Å². The van der Waals surface area contributed by atoms with Crippen molar-refractivity contribution in [3.8, 4) is 6.07 Å². The third-order valence-electron chi connectivity index (χ3n) is 4.13. The van der Waals surface area contributed by atoms with Crippen molar-refractivity contribution in [1.29, 1.82) is 5.26 Å². The Morgan fingerprint density at radius 1 is 1.00 bits per heavy atom. The SMILES string of the molecule is CC(C)(C)O[C@](C)(C#N)[C@@H](OC(=O)c1cc([N+](=O)[O-])cc([N+](=O)[O-])c1)c1ccccc1. The van der Waals surface area contributed by atoms with Crippen LogP contribution >= 0.6 is 0 Å². The Bertz CT molecular complexity index is 1010. The molecule has 0 radical (unpaired) electrons. The number of carbonyl (C=O) groups excluding carboxylic acids is 1. The van der Waals surface area contributed by atoms with Gasteiger partial charge in [0.25, 0.3) is 11.4 Å². The van der Waals surface area contributed by atoms with Crippen molar-refractivity contribution in [3.63, 3.8) is 0 Å². The number of ether oxygens (including phenoxy) is 2. The molecule has 0 aliphatic rings. The van der Waals surface area contributed by atoms with Crippen LogP contribution in [0.4, 0.5) is 11.4 Å². The van der Waals surface area contributed by atoms with E-state index in [4.69, 9.17) is 9.47 Å². The molecule has 0 saturated carbocycles. The van der Waals surface area contributed by atoms with E-state index in [-0.39, 0.29) is 0 Å². The minimum Gasteiger partial charge on any atom is -0.450 e. The predicted octanol–water partition coefficient (Wildman–Crippen LogP) is 4.50. The summed E-state index contributed by atoms with van der Waals surface area (Å²) in [4.78, 5) is 33.4. The van der Waals surface area contributed by atoms with E-state index >= 15 is 0 Å². The van der Waals surface area contributed by atoms with Crippen molar-refractivity contribution in [2.45, 2.75) is 45.0 Å². The monoisotopic (exact) mass is 427 g/mol. The van der Waals surface area contributed by atoms with E-state index in [1.54, 1.807) is 51.1 Å². The van der Waals surface area contributed by atoms with Crippen LogP contribution in [0.15, 0.2) is 48.5 Å². The number of hydrogen-bond acceptors (Lipinski definition) is 8. The quantitative estimate of drug-likeness (QED) is 0.356. The van der Waals surface area contributed by atoms with Crippen LogP contribution in [0.1, 0.15) is 49.7 Å². The van der Waals surface area contributed by atoms with E-state index in [1.807, 2.05) is 6.07 Å². The van der Waals surface area contributed by atoms with Gasteiger partial charge in [0, 0.05) is 12.1 Å². The number of hydrogen-bond donors (Lipinski definition) is 0. The van der Waals surface area contributed by atoms with Gasteiger partial charge in [-0.05, 0) is 33.3 Å². The maximum Gasteiger partial charge on any atom is 0.339 e. The van der Waals surface area contributed by atoms with Crippen molar-refractivity contribution >= 4 is 17.3 Å². The van der Waals surface area contributed by atoms with Crippen molar-refractivity contribution in [3.05, 3.63) is 79.9 Å². The molecule has 0 aliphatic heterocycles. The lowest BCUT2D eigenvalue weighted by molar-refractivity contribution is -0.394. The first-order chi connectivity index (χ1) is 14.4. The summed E-state index contributed by atoms with van der Waals surface area (Å²) in [6.07, 6.45) is -1.22. The van der Waals surface area contributed by atoms with Gasteiger partial charge in [0.1, 0.15) is 6.07 Å². The van der Waals surface area contributed by atoms with E-state index in [0.717, 1.165) is 18.2 Å². The number of benzene rings is 2. The molecule has 0 amide bonds. The summed E-state index contributed by atoms with van der Waals surface area (Å²) in [6, 6.07) is 12.9. The average molecular weight is 427 g/mol. The van der Waals surface area contributed by atoms with Crippen molar-refractivity contribution in [1.82, 2.24) is 0 Å². The minimum atomic E-state index is -1.62. The maximum atomic E-state index is 12.9. The number of carbonyl (C=O) groups is 1. The Morgan fingerprint density at radius 3 is 1.94 bits per heavy atom. The fourth-order valence-electron chi connectivity index (χ4n) is 3.00. The molecule has 2 rings (SSSR count). The molecule has 0 bridgehead atoms. The second-order valence-electron chi connectivity index (χ2n) is 7.88. The Kier molecular flexibility index (Phi) is 6.72.